The van der Waals surface area contributed by atoms with Crippen molar-refractivity contribution in [3.05, 3.63) is 23.8 Å². The third-order valence-electron chi connectivity index (χ3n) is 5.99. The minimum absolute atomic E-state index is 0.447. The average Bonchev–Trinajstić information content (AvgIpc) is 2.83. The van der Waals surface area contributed by atoms with E-state index in [1.165, 1.54) is 25.7 Å². The van der Waals surface area contributed by atoms with E-state index in [0.29, 0.717) is 10.8 Å². The van der Waals surface area contributed by atoms with Gasteiger partial charge in [0.25, 0.3) is 0 Å². The maximum Gasteiger partial charge on any atom is -0.00756 e. The molecule has 0 radical (unpaired) electrons. The predicted molar refractivity (Wildman–Crippen MR) is 80.5 cm³/mol. The van der Waals surface area contributed by atoms with E-state index in [-0.39, 0.29) is 0 Å². The number of allylic oxidation sites excluding steroid dienone is 4. The van der Waals surface area contributed by atoms with E-state index >= 15 is 0 Å². The van der Waals surface area contributed by atoms with Gasteiger partial charge in [-0.1, -0.05) is 59.3 Å². The van der Waals surface area contributed by atoms with Crippen molar-refractivity contribution in [3.8, 4) is 0 Å². The van der Waals surface area contributed by atoms with E-state index in [2.05, 4.69) is 52.8 Å². The Balaban J connectivity index is 2.16. The van der Waals surface area contributed by atoms with Crippen LogP contribution in [0.3, 0.4) is 0 Å². The molecule has 2 atom stereocenters. The summed E-state index contributed by atoms with van der Waals surface area (Å²) in [4.78, 5) is 0. The summed E-state index contributed by atoms with van der Waals surface area (Å²) in [5, 5.41) is 0. The lowest BCUT2D eigenvalue weighted by Gasteiger charge is -2.47. The van der Waals surface area contributed by atoms with E-state index in [9.17, 15) is 0 Å². The molecule has 0 spiro atoms. The molecule has 1 saturated carbocycles. The second-order valence-corrected chi connectivity index (χ2v) is 7.63. The predicted octanol–water partition coefficient (Wildman–Crippen LogP) is 5.75. The van der Waals surface area contributed by atoms with E-state index in [4.69, 9.17) is 0 Å². The Morgan fingerprint density at radius 2 is 2.06 bits per heavy atom. The van der Waals surface area contributed by atoms with Crippen molar-refractivity contribution in [2.75, 3.05) is 0 Å². The minimum atomic E-state index is 0.447. The van der Waals surface area contributed by atoms with Crippen LogP contribution in [0, 0.1) is 22.7 Å². The molecule has 0 bridgehead atoms. The van der Waals surface area contributed by atoms with Gasteiger partial charge in [-0.2, -0.15) is 0 Å². The second-order valence-electron chi connectivity index (χ2n) is 7.63. The lowest BCUT2D eigenvalue weighted by Crippen LogP contribution is -2.37. The van der Waals surface area contributed by atoms with Crippen molar-refractivity contribution in [3.63, 3.8) is 0 Å². The highest BCUT2D eigenvalue weighted by molar-refractivity contribution is 5.32. The van der Waals surface area contributed by atoms with Crippen LogP contribution in [0.5, 0.6) is 0 Å². The SMILES string of the molecule is CC(C)C(C)(C)C1CCCC(C)(C2=CCC=C2)C1. The molecule has 2 rings (SSSR count). The molecule has 0 aromatic rings. The van der Waals surface area contributed by atoms with Gasteiger partial charge in [-0.15, -0.1) is 0 Å². The molecule has 2 aliphatic rings. The smallest absolute Gasteiger partial charge is 0.00756 e. The molecule has 0 amide bonds. The van der Waals surface area contributed by atoms with Crippen LogP contribution in [-0.2, 0) is 0 Å². The van der Waals surface area contributed by atoms with Crippen LogP contribution in [0.4, 0.5) is 0 Å². The highest BCUT2D eigenvalue weighted by atomic mass is 14.5. The Morgan fingerprint density at radius 3 is 2.61 bits per heavy atom. The first-order valence-electron chi connectivity index (χ1n) is 7.73. The van der Waals surface area contributed by atoms with Crippen LogP contribution in [0.1, 0.15) is 66.7 Å². The molecule has 2 unspecified atom stereocenters. The molecule has 0 nitrogen and oxygen atoms in total. The molecule has 1 fully saturated rings. The van der Waals surface area contributed by atoms with Crippen molar-refractivity contribution < 1.29 is 0 Å². The summed E-state index contributed by atoms with van der Waals surface area (Å²) >= 11 is 0. The normalized spacial score (nSPS) is 33.0. The van der Waals surface area contributed by atoms with Gasteiger partial charge in [0.15, 0.2) is 0 Å². The molecule has 18 heavy (non-hydrogen) atoms. The molecule has 0 aromatic carbocycles. The second kappa shape index (κ2) is 4.87. The summed E-state index contributed by atoms with van der Waals surface area (Å²) in [6.07, 6.45) is 13.9. The average molecular weight is 246 g/mol. The van der Waals surface area contributed by atoms with Crippen molar-refractivity contribution in [2.45, 2.75) is 66.7 Å². The molecular weight excluding hydrogens is 216 g/mol. The molecular formula is C18H30. The minimum Gasteiger partial charge on any atom is -0.0804 e. The summed E-state index contributed by atoms with van der Waals surface area (Å²) in [5.41, 5.74) is 2.54. The number of rotatable bonds is 3. The molecule has 0 heteroatoms. The summed E-state index contributed by atoms with van der Waals surface area (Å²) in [6, 6.07) is 0. The topological polar surface area (TPSA) is 0 Å². The van der Waals surface area contributed by atoms with Gasteiger partial charge in [-0.3, -0.25) is 0 Å². The Bertz CT molecular complexity index is 356. The Hall–Kier alpha value is -0.520. The summed E-state index contributed by atoms with van der Waals surface area (Å²) in [5.74, 6) is 1.66. The van der Waals surface area contributed by atoms with Crippen molar-refractivity contribution in [2.24, 2.45) is 22.7 Å². The van der Waals surface area contributed by atoms with Gasteiger partial charge in [-0.25, -0.2) is 0 Å². The zero-order valence-corrected chi connectivity index (χ0v) is 12.9. The van der Waals surface area contributed by atoms with Crippen LogP contribution in [0.15, 0.2) is 23.8 Å². The lowest BCUT2D eigenvalue weighted by molar-refractivity contribution is 0.0580. The van der Waals surface area contributed by atoms with Crippen LogP contribution in [-0.4, -0.2) is 0 Å². The number of hydrogen-bond acceptors (Lipinski definition) is 0. The van der Waals surface area contributed by atoms with E-state index < -0.39 is 0 Å². The molecule has 0 aliphatic heterocycles. The first-order valence-corrected chi connectivity index (χ1v) is 7.73. The molecule has 2 aliphatic carbocycles. The highest BCUT2D eigenvalue weighted by Gasteiger charge is 2.41. The maximum atomic E-state index is 2.50. The highest BCUT2D eigenvalue weighted by Crippen LogP contribution is 2.52. The fourth-order valence-corrected chi connectivity index (χ4v) is 3.76. The standard InChI is InChI=1S/C18H30/c1-14(2)17(3,4)16-11-8-12-18(5,13-16)15-9-6-7-10-15/h6,9-10,14,16H,7-8,11-13H2,1-5H3. The van der Waals surface area contributed by atoms with Crippen LogP contribution < -0.4 is 0 Å². The maximum absolute atomic E-state index is 2.50. The van der Waals surface area contributed by atoms with Gasteiger partial charge >= 0.3 is 0 Å². The van der Waals surface area contributed by atoms with Gasteiger partial charge in [0.05, 0.1) is 0 Å². The lowest BCUT2D eigenvalue weighted by atomic mass is 9.58. The van der Waals surface area contributed by atoms with Gasteiger partial charge < -0.3 is 0 Å². The molecule has 0 N–H and O–H groups in total. The quantitative estimate of drug-likeness (QED) is 0.594. The third kappa shape index (κ3) is 2.44. The monoisotopic (exact) mass is 246 g/mol. The largest absolute Gasteiger partial charge is 0.0804 e. The number of hydrogen-bond donors (Lipinski definition) is 0. The van der Waals surface area contributed by atoms with Gasteiger partial charge in [-0.05, 0) is 53.9 Å². The summed E-state index contributed by atoms with van der Waals surface area (Å²) in [7, 11) is 0. The molecule has 0 aromatic heterocycles. The van der Waals surface area contributed by atoms with Gasteiger partial charge in [0.1, 0.15) is 0 Å². The Morgan fingerprint density at radius 1 is 1.33 bits per heavy atom. The van der Waals surface area contributed by atoms with Gasteiger partial charge in [0, 0.05) is 0 Å². The van der Waals surface area contributed by atoms with Crippen molar-refractivity contribution in [1.82, 2.24) is 0 Å². The van der Waals surface area contributed by atoms with Gasteiger partial charge in [0.2, 0.25) is 0 Å². The van der Waals surface area contributed by atoms with Crippen LogP contribution >= 0.6 is 0 Å². The van der Waals surface area contributed by atoms with E-state index in [0.717, 1.165) is 18.3 Å². The van der Waals surface area contributed by atoms with E-state index in [1.54, 1.807) is 5.57 Å². The van der Waals surface area contributed by atoms with Crippen molar-refractivity contribution >= 4 is 0 Å². The van der Waals surface area contributed by atoms with Crippen molar-refractivity contribution in [1.29, 1.82) is 0 Å². The van der Waals surface area contributed by atoms with Crippen LogP contribution in [0.2, 0.25) is 0 Å². The zero-order chi connectivity index (χ0) is 13.4. The molecule has 0 saturated heterocycles. The zero-order valence-electron chi connectivity index (χ0n) is 12.9. The molecule has 0 heterocycles. The first-order chi connectivity index (χ1) is 8.36. The third-order valence-corrected chi connectivity index (χ3v) is 5.99. The summed E-state index contributed by atoms with van der Waals surface area (Å²) in [6.45, 7) is 12.2. The fraction of sp³-hybridized carbons (Fsp3) is 0.778. The summed E-state index contributed by atoms with van der Waals surface area (Å²) < 4.78 is 0. The Labute approximate surface area is 114 Å². The first kappa shape index (κ1) is 13.9. The molecule has 102 valence electrons. The Kier molecular flexibility index (Phi) is 3.76. The van der Waals surface area contributed by atoms with Crippen LogP contribution in [0.25, 0.3) is 0 Å². The van der Waals surface area contributed by atoms with E-state index in [1.807, 2.05) is 0 Å². The fourth-order valence-electron chi connectivity index (χ4n) is 3.76.